The fourth-order valence-electron chi connectivity index (χ4n) is 4.02. The third-order valence-electron chi connectivity index (χ3n) is 5.58. The first-order valence-corrected chi connectivity index (χ1v) is 10.8. The van der Waals surface area contributed by atoms with Gasteiger partial charge < -0.3 is 20.1 Å². The van der Waals surface area contributed by atoms with E-state index in [1.54, 1.807) is 4.68 Å². The number of fused-ring (bicyclic) bond motifs is 2. The van der Waals surface area contributed by atoms with Crippen LogP contribution in [0.4, 0.5) is 11.6 Å². The minimum Gasteiger partial charge on any atom is -0.490 e. The molecule has 0 spiro atoms. The Balaban J connectivity index is 1.59. The topological polar surface area (TPSA) is 90.3 Å². The highest BCUT2D eigenvalue weighted by atomic mass is 16.5. The number of amides is 1. The number of allylic oxidation sites excluding steroid dienone is 1. The quantitative estimate of drug-likeness (QED) is 0.651. The predicted molar refractivity (Wildman–Crippen MR) is 121 cm³/mol. The zero-order chi connectivity index (χ0) is 22.1. The predicted octanol–water partition coefficient (Wildman–Crippen LogP) is 3.93. The molecule has 32 heavy (non-hydrogen) atoms. The number of carbonyl (C=O) groups is 1. The Hall–Kier alpha value is -3.81. The maximum atomic E-state index is 13.5. The van der Waals surface area contributed by atoms with Crippen LogP contribution in [0.2, 0.25) is 0 Å². The fraction of sp³-hybridized carbons (Fsp3) is 0.292. The van der Waals surface area contributed by atoms with Gasteiger partial charge in [0.05, 0.1) is 18.8 Å². The Morgan fingerprint density at radius 2 is 1.94 bits per heavy atom. The summed E-state index contributed by atoms with van der Waals surface area (Å²) in [5, 5.41) is 11.0. The molecule has 0 bridgehead atoms. The highest BCUT2D eigenvalue weighted by Crippen LogP contribution is 2.39. The maximum absolute atomic E-state index is 13.5. The van der Waals surface area contributed by atoms with Gasteiger partial charge in [-0.3, -0.25) is 4.79 Å². The van der Waals surface area contributed by atoms with Crippen LogP contribution in [-0.2, 0) is 11.2 Å². The Labute approximate surface area is 186 Å². The van der Waals surface area contributed by atoms with Crippen molar-refractivity contribution in [2.24, 2.45) is 0 Å². The number of hydrogen-bond acceptors (Lipinski definition) is 6. The van der Waals surface area contributed by atoms with Gasteiger partial charge in [0.1, 0.15) is 6.04 Å². The van der Waals surface area contributed by atoms with Crippen LogP contribution in [0.3, 0.4) is 0 Å². The smallest absolute Gasteiger partial charge is 0.255 e. The molecule has 8 heteroatoms. The van der Waals surface area contributed by atoms with Crippen molar-refractivity contribution in [1.29, 1.82) is 0 Å². The Morgan fingerprint density at radius 3 is 2.72 bits per heavy atom. The summed E-state index contributed by atoms with van der Waals surface area (Å²) in [6, 6.07) is 14.8. The SMILES string of the molecule is CCc1nc2n(n1)C(c1ccc3c(c1)OCCCO3)C(C(=O)Nc1ccccc1)=C(C)N2. The van der Waals surface area contributed by atoms with Gasteiger partial charge in [-0.05, 0) is 36.8 Å². The molecule has 1 aromatic heterocycles. The number of aryl methyl sites for hydroxylation is 1. The van der Waals surface area contributed by atoms with E-state index in [0.29, 0.717) is 48.5 Å². The van der Waals surface area contributed by atoms with Gasteiger partial charge in [-0.2, -0.15) is 10.1 Å². The molecule has 0 saturated heterocycles. The van der Waals surface area contributed by atoms with Crippen LogP contribution < -0.4 is 20.1 Å². The van der Waals surface area contributed by atoms with Gasteiger partial charge in [-0.25, -0.2) is 4.68 Å². The monoisotopic (exact) mass is 431 g/mol. The molecule has 0 aliphatic carbocycles. The second-order valence-corrected chi connectivity index (χ2v) is 7.79. The van der Waals surface area contributed by atoms with Crippen molar-refractivity contribution in [2.75, 3.05) is 23.8 Å². The summed E-state index contributed by atoms with van der Waals surface area (Å²) in [6.45, 7) is 5.11. The number of nitrogens with one attached hydrogen (secondary N) is 2. The van der Waals surface area contributed by atoms with Gasteiger partial charge >= 0.3 is 0 Å². The Morgan fingerprint density at radius 1 is 1.16 bits per heavy atom. The molecule has 0 radical (unpaired) electrons. The molecule has 2 aromatic carbocycles. The number of aromatic nitrogens is 3. The molecule has 2 N–H and O–H groups in total. The molecule has 2 aliphatic heterocycles. The van der Waals surface area contributed by atoms with Crippen LogP contribution >= 0.6 is 0 Å². The molecule has 1 unspecified atom stereocenters. The lowest BCUT2D eigenvalue weighted by molar-refractivity contribution is -0.113. The van der Waals surface area contributed by atoms with Gasteiger partial charge in [-0.1, -0.05) is 31.2 Å². The summed E-state index contributed by atoms with van der Waals surface area (Å²) in [7, 11) is 0. The highest BCUT2D eigenvalue weighted by Gasteiger charge is 2.35. The number of carbonyl (C=O) groups excluding carboxylic acids is 1. The van der Waals surface area contributed by atoms with Crippen molar-refractivity contribution in [2.45, 2.75) is 32.7 Å². The first kappa shape index (κ1) is 20.1. The summed E-state index contributed by atoms with van der Waals surface area (Å²) in [5.74, 6) is 2.52. The molecule has 1 amide bonds. The summed E-state index contributed by atoms with van der Waals surface area (Å²) >= 11 is 0. The third kappa shape index (κ3) is 3.68. The molecular weight excluding hydrogens is 406 g/mol. The van der Waals surface area contributed by atoms with Crippen molar-refractivity contribution >= 4 is 17.5 Å². The maximum Gasteiger partial charge on any atom is 0.255 e. The molecule has 8 nitrogen and oxygen atoms in total. The van der Waals surface area contributed by atoms with Crippen LogP contribution in [-0.4, -0.2) is 33.9 Å². The average molecular weight is 431 g/mol. The summed E-state index contributed by atoms with van der Waals surface area (Å²) in [4.78, 5) is 18.1. The number of para-hydroxylation sites is 1. The standard InChI is InChI=1S/C24H25N5O3/c1-3-20-27-24-25-15(2)21(23(30)26-17-8-5-4-6-9-17)22(29(24)28-20)16-10-11-18-19(14-16)32-13-7-12-31-18/h4-6,8-11,14,22H,3,7,12-13H2,1-2H3,(H,26,30)(H,25,27,28). The molecule has 1 atom stereocenters. The van der Waals surface area contributed by atoms with E-state index >= 15 is 0 Å². The first-order chi connectivity index (χ1) is 15.6. The van der Waals surface area contributed by atoms with Crippen molar-refractivity contribution in [1.82, 2.24) is 14.8 Å². The minimum atomic E-state index is -0.458. The molecule has 5 rings (SSSR count). The van der Waals surface area contributed by atoms with Crippen LogP contribution in [0.15, 0.2) is 59.8 Å². The van der Waals surface area contributed by atoms with Crippen molar-refractivity contribution < 1.29 is 14.3 Å². The van der Waals surface area contributed by atoms with Gasteiger partial charge in [0.25, 0.3) is 5.91 Å². The average Bonchev–Trinajstić information content (AvgIpc) is 3.06. The highest BCUT2D eigenvalue weighted by molar-refractivity contribution is 6.06. The largest absolute Gasteiger partial charge is 0.490 e. The van der Waals surface area contributed by atoms with Gasteiger partial charge in [0.15, 0.2) is 17.3 Å². The van der Waals surface area contributed by atoms with E-state index in [0.717, 1.165) is 23.4 Å². The number of rotatable bonds is 4. The van der Waals surface area contributed by atoms with E-state index in [9.17, 15) is 4.79 Å². The number of nitrogens with zero attached hydrogens (tertiary/aromatic N) is 3. The van der Waals surface area contributed by atoms with E-state index in [1.165, 1.54) is 0 Å². The summed E-state index contributed by atoms with van der Waals surface area (Å²) < 4.78 is 13.5. The van der Waals surface area contributed by atoms with Crippen molar-refractivity contribution in [3.05, 3.63) is 71.2 Å². The van der Waals surface area contributed by atoms with E-state index in [4.69, 9.17) is 9.47 Å². The van der Waals surface area contributed by atoms with Gasteiger partial charge in [0.2, 0.25) is 5.95 Å². The first-order valence-electron chi connectivity index (χ1n) is 10.8. The van der Waals surface area contributed by atoms with E-state index < -0.39 is 6.04 Å². The lowest BCUT2D eigenvalue weighted by Gasteiger charge is -2.29. The zero-order valence-corrected chi connectivity index (χ0v) is 18.1. The number of benzene rings is 2. The summed E-state index contributed by atoms with van der Waals surface area (Å²) in [6.07, 6.45) is 1.52. The molecule has 0 fully saturated rings. The van der Waals surface area contributed by atoms with Gasteiger partial charge in [-0.15, -0.1) is 0 Å². The van der Waals surface area contributed by atoms with Gasteiger partial charge in [0, 0.05) is 24.2 Å². The zero-order valence-electron chi connectivity index (χ0n) is 18.1. The molecule has 2 aliphatic rings. The lowest BCUT2D eigenvalue weighted by Crippen LogP contribution is -2.31. The van der Waals surface area contributed by atoms with Crippen LogP contribution in [0.1, 0.15) is 37.7 Å². The molecular formula is C24H25N5O3. The number of ether oxygens (including phenoxy) is 2. The van der Waals surface area contributed by atoms with Crippen LogP contribution in [0.5, 0.6) is 11.5 Å². The van der Waals surface area contributed by atoms with Crippen LogP contribution in [0, 0.1) is 0 Å². The molecule has 164 valence electrons. The third-order valence-corrected chi connectivity index (χ3v) is 5.58. The lowest BCUT2D eigenvalue weighted by atomic mass is 9.94. The Bertz CT molecular complexity index is 1190. The van der Waals surface area contributed by atoms with E-state index in [2.05, 4.69) is 20.7 Å². The number of anilines is 2. The second kappa shape index (κ2) is 8.37. The summed E-state index contributed by atoms with van der Waals surface area (Å²) in [5.41, 5.74) is 2.91. The second-order valence-electron chi connectivity index (χ2n) is 7.79. The van der Waals surface area contributed by atoms with Crippen molar-refractivity contribution in [3.8, 4) is 11.5 Å². The molecule has 0 saturated carbocycles. The van der Waals surface area contributed by atoms with E-state index in [1.807, 2.05) is 62.4 Å². The fourth-order valence-corrected chi connectivity index (χ4v) is 4.02. The van der Waals surface area contributed by atoms with Crippen molar-refractivity contribution in [3.63, 3.8) is 0 Å². The van der Waals surface area contributed by atoms with E-state index in [-0.39, 0.29) is 5.91 Å². The molecule has 3 aromatic rings. The number of hydrogen-bond donors (Lipinski definition) is 2. The van der Waals surface area contributed by atoms with Crippen LogP contribution in [0.25, 0.3) is 0 Å². The minimum absolute atomic E-state index is 0.197. The Kier molecular flexibility index (Phi) is 5.26. The molecule has 3 heterocycles. The normalized spacial score (nSPS) is 17.2.